The van der Waals surface area contributed by atoms with Crippen LogP contribution in [-0.4, -0.2) is 32.4 Å². The Morgan fingerprint density at radius 2 is 1.87 bits per heavy atom. The summed E-state index contributed by atoms with van der Waals surface area (Å²) in [6, 6.07) is 17.2. The molecule has 116 valence electrons. The molecule has 0 bridgehead atoms. The number of amides is 1. The highest BCUT2D eigenvalue weighted by Gasteiger charge is 2.09. The molecule has 2 aromatic carbocycles. The highest BCUT2D eigenvalue weighted by molar-refractivity contribution is 7.98. The molecule has 0 aliphatic rings. The minimum atomic E-state index is -0.196. The van der Waals surface area contributed by atoms with Gasteiger partial charge in [0.2, 0.25) is 11.7 Å². The molecule has 0 unspecified atom stereocenters. The standard InChI is InChI=1S/C16H15N5OS/c1-23-14-9-7-12(8-10-14)16-18-20-21(19-16)11-15(22)17-13-5-3-2-4-6-13/h2-10H,11H2,1H3,(H,17,22). The van der Waals surface area contributed by atoms with Gasteiger partial charge >= 0.3 is 0 Å². The van der Waals surface area contributed by atoms with Gasteiger partial charge in [-0.05, 0) is 47.9 Å². The Hall–Kier alpha value is -2.67. The van der Waals surface area contributed by atoms with E-state index in [-0.39, 0.29) is 12.5 Å². The van der Waals surface area contributed by atoms with Crippen molar-refractivity contribution in [1.82, 2.24) is 20.2 Å². The van der Waals surface area contributed by atoms with Crippen LogP contribution in [0.4, 0.5) is 5.69 Å². The topological polar surface area (TPSA) is 72.7 Å². The van der Waals surface area contributed by atoms with Crippen molar-refractivity contribution < 1.29 is 4.79 Å². The Morgan fingerprint density at radius 3 is 2.57 bits per heavy atom. The van der Waals surface area contributed by atoms with Crippen molar-refractivity contribution in [2.75, 3.05) is 11.6 Å². The van der Waals surface area contributed by atoms with E-state index >= 15 is 0 Å². The number of hydrogen-bond donors (Lipinski definition) is 1. The molecule has 0 aliphatic carbocycles. The second-order valence-corrected chi connectivity index (χ2v) is 5.67. The summed E-state index contributed by atoms with van der Waals surface area (Å²) < 4.78 is 0. The van der Waals surface area contributed by atoms with Gasteiger partial charge in [-0.15, -0.1) is 22.0 Å². The zero-order valence-corrected chi connectivity index (χ0v) is 13.3. The third kappa shape index (κ3) is 3.95. The van der Waals surface area contributed by atoms with Crippen molar-refractivity contribution in [2.24, 2.45) is 0 Å². The lowest BCUT2D eigenvalue weighted by Gasteiger charge is -2.03. The number of benzene rings is 2. The van der Waals surface area contributed by atoms with Crippen LogP contribution in [0.5, 0.6) is 0 Å². The van der Waals surface area contributed by atoms with Crippen LogP contribution in [-0.2, 0) is 11.3 Å². The summed E-state index contributed by atoms with van der Waals surface area (Å²) in [6.45, 7) is 0.0186. The van der Waals surface area contributed by atoms with E-state index < -0.39 is 0 Å². The zero-order chi connectivity index (χ0) is 16.1. The van der Waals surface area contributed by atoms with Crippen LogP contribution in [0.3, 0.4) is 0 Å². The first-order valence-corrected chi connectivity index (χ1v) is 8.24. The van der Waals surface area contributed by atoms with Crippen LogP contribution in [0.25, 0.3) is 11.4 Å². The summed E-state index contributed by atoms with van der Waals surface area (Å²) in [5.41, 5.74) is 1.61. The molecule has 1 heterocycles. The third-order valence-electron chi connectivity index (χ3n) is 3.14. The van der Waals surface area contributed by atoms with E-state index in [1.165, 1.54) is 9.69 Å². The summed E-state index contributed by atoms with van der Waals surface area (Å²) in [5.74, 6) is 0.308. The Labute approximate surface area is 137 Å². The van der Waals surface area contributed by atoms with E-state index in [9.17, 15) is 4.79 Å². The van der Waals surface area contributed by atoms with Crippen LogP contribution in [0.2, 0.25) is 0 Å². The smallest absolute Gasteiger partial charge is 0.248 e. The van der Waals surface area contributed by atoms with Crippen LogP contribution in [0.15, 0.2) is 59.5 Å². The number of rotatable bonds is 5. The lowest BCUT2D eigenvalue weighted by atomic mass is 10.2. The number of nitrogens with zero attached hydrogens (tertiary/aromatic N) is 4. The Morgan fingerprint density at radius 1 is 1.13 bits per heavy atom. The van der Waals surface area contributed by atoms with Crippen molar-refractivity contribution in [3.8, 4) is 11.4 Å². The van der Waals surface area contributed by atoms with Crippen LogP contribution in [0.1, 0.15) is 0 Å². The molecule has 3 rings (SSSR count). The predicted octanol–water partition coefficient (Wildman–Crippen LogP) is 2.70. The number of tetrazole rings is 1. The maximum atomic E-state index is 12.0. The average Bonchev–Trinajstić information content (AvgIpc) is 3.04. The first-order valence-electron chi connectivity index (χ1n) is 7.02. The van der Waals surface area contributed by atoms with Gasteiger partial charge in [0.05, 0.1) is 0 Å². The molecule has 0 atom stereocenters. The minimum Gasteiger partial charge on any atom is -0.324 e. The number of carbonyl (C=O) groups is 1. The summed E-state index contributed by atoms with van der Waals surface area (Å²) in [6.07, 6.45) is 2.02. The largest absolute Gasteiger partial charge is 0.324 e. The van der Waals surface area contributed by atoms with Crippen molar-refractivity contribution in [3.05, 3.63) is 54.6 Å². The van der Waals surface area contributed by atoms with E-state index in [1.54, 1.807) is 11.8 Å². The summed E-state index contributed by atoms with van der Waals surface area (Å²) in [7, 11) is 0. The van der Waals surface area contributed by atoms with Gasteiger partial charge in [0.1, 0.15) is 6.54 Å². The molecule has 3 aromatic rings. The maximum Gasteiger partial charge on any atom is 0.248 e. The highest BCUT2D eigenvalue weighted by Crippen LogP contribution is 2.19. The molecule has 23 heavy (non-hydrogen) atoms. The molecule has 1 amide bonds. The molecule has 0 radical (unpaired) electrons. The predicted molar refractivity (Wildman–Crippen MR) is 90.1 cm³/mol. The van der Waals surface area contributed by atoms with E-state index in [4.69, 9.17) is 0 Å². The number of para-hydroxylation sites is 1. The fraction of sp³-hybridized carbons (Fsp3) is 0.125. The van der Waals surface area contributed by atoms with Gasteiger partial charge in [0.15, 0.2) is 0 Å². The van der Waals surface area contributed by atoms with Crippen LogP contribution < -0.4 is 5.32 Å². The number of carbonyl (C=O) groups excluding carboxylic acids is 1. The second kappa shape index (κ2) is 7.06. The Balaban J connectivity index is 1.65. The summed E-state index contributed by atoms with van der Waals surface area (Å²) in [4.78, 5) is 14.4. The van der Waals surface area contributed by atoms with Gasteiger partial charge in [0.25, 0.3) is 0 Å². The minimum absolute atomic E-state index is 0.0186. The Bertz CT molecular complexity index is 786. The van der Waals surface area contributed by atoms with Gasteiger partial charge in [-0.2, -0.15) is 4.80 Å². The molecule has 0 saturated carbocycles. The quantitative estimate of drug-likeness (QED) is 0.730. The van der Waals surface area contributed by atoms with E-state index in [2.05, 4.69) is 20.7 Å². The fourth-order valence-electron chi connectivity index (χ4n) is 2.02. The van der Waals surface area contributed by atoms with Crippen molar-refractivity contribution in [2.45, 2.75) is 11.4 Å². The molecule has 0 aliphatic heterocycles. The number of nitrogens with one attached hydrogen (secondary N) is 1. The molecule has 1 N–H and O–H groups in total. The Kier molecular flexibility index (Phi) is 4.68. The van der Waals surface area contributed by atoms with Crippen molar-refractivity contribution >= 4 is 23.4 Å². The lowest BCUT2D eigenvalue weighted by Crippen LogP contribution is -2.20. The van der Waals surface area contributed by atoms with Crippen LogP contribution in [0, 0.1) is 0 Å². The molecule has 0 spiro atoms. The molecular formula is C16H15N5OS. The van der Waals surface area contributed by atoms with E-state index in [1.807, 2.05) is 60.9 Å². The molecular weight excluding hydrogens is 310 g/mol. The zero-order valence-electron chi connectivity index (χ0n) is 12.5. The van der Waals surface area contributed by atoms with Gasteiger partial charge in [-0.1, -0.05) is 18.2 Å². The highest BCUT2D eigenvalue weighted by atomic mass is 32.2. The first kappa shape index (κ1) is 15.2. The van der Waals surface area contributed by atoms with Gasteiger partial charge in [-0.25, -0.2) is 0 Å². The number of anilines is 1. The SMILES string of the molecule is CSc1ccc(-c2nnn(CC(=O)Nc3ccccc3)n2)cc1. The monoisotopic (exact) mass is 325 g/mol. The normalized spacial score (nSPS) is 10.5. The van der Waals surface area contributed by atoms with E-state index in [0.717, 1.165) is 11.3 Å². The fourth-order valence-corrected chi connectivity index (χ4v) is 2.42. The molecule has 0 saturated heterocycles. The number of hydrogen-bond acceptors (Lipinski definition) is 5. The van der Waals surface area contributed by atoms with Crippen molar-refractivity contribution in [3.63, 3.8) is 0 Å². The van der Waals surface area contributed by atoms with Gasteiger partial charge in [-0.3, -0.25) is 4.79 Å². The maximum absolute atomic E-state index is 12.0. The van der Waals surface area contributed by atoms with Crippen molar-refractivity contribution in [1.29, 1.82) is 0 Å². The molecule has 7 heteroatoms. The number of thioether (sulfide) groups is 1. The summed E-state index contributed by atoms with van der Waals surface area (Å²) >= 11 is 1.67. The molecule has 6 nitrogen and oxygen atoms in total. The van der Waals surface area contributed by atoms with Gasteiger partial charge in [0, 0.05) is 16.1 Å². The second-order valence-electron chi connectivity index (χ2n) is 4.79. The van der Waals surface area contributed by atoms with Crippen LogP contribution >= 0.6 is 11.8 Å². The molecule has 0 fully saturated rings. The first-order chi connectivity index (χ1) is 11.2. The summed E-state index contributed by atoms with van der Waals surface area (Å²) in [5, 5.41) is 15.0. The van der Waals surface area contributed by atoms with E-state index in [0.29, 0.717) is 5.82 Å². The average molecular weight is 325 g/mol. The molecule has 1 aromatic heterocycles. The number of aromatic nitrogens is 4. The lowest BCUT2D eigenvalue weighted by molar-refractivity contribution is -0.117. The third-order valence-corrected chi connectivity index (χ3v) is 3.89. The van der Waals surface area contributed by atoms with Gasteiger partial charge < -0.3 is 5.32 Å².